The molecule has 0 unspecified atom stereocenters. The van der Waals surface area contributed by atoms with Gasteiger partial charge in [-0.3, -0.25) is 10.1 Å². The fourth-order valence-corrected chi connectivity index (χ4v) is 2.26. The minimum atomic E-state index is -0.505. The average molecular weight is 307 g/mol. The molecule has 1 atom stereocenters. The van der Waals surface area contributed by atoms with E-state index in [9.17, 15) is 15.2 Å². The summed E-state index contributed by atoms with van der Waals surface area (Å²) in [6, 6.07) is 11.7. The molecule has 6 heteroatoms. The second kappa shape index (κ2) is 6.56. The third kappa shape index (κ3) is 3.93. The molecule has 2 aromatic carbocycles. The Labute approximate surface area is 127 Å². The van der Waals surface area contributed by atoms with Crippen molar-refractivity contribution in [3.8, 4) is 5.75 Å². The van der Waals surface area contributed by atoms with E-state index in [-0.39, 0.29) is 22.5 Å². The molecule has 0 fully saturated rings. The summed E-state index contributed by atoms with van der Waals surface area (Å²) in [6.07, 6.45) is 0. The summed E-state index contributed by atoms with van der Waals surface area (Å²) in [7, 11) is 0. The van der Waals surface area contributed by atoms with Crippen LogP contribution in [0.2, 0.25) is 5.02 Å². The fourth-order valence-electron chi connectivity index (χ4n) is 1.99. The minimum Gasteiger partial charge on any atom is -0.508 e. The number of nitro benzene ring substituents is 1. The maximum Gasteiger partial charge on any atom is 0.287 e. The third-order valence-corrected chi connectivity index (χ3v) is 3.49. The molecule has 110 valence electrons. The van der Waals surface area contributed by atoms with Crippen LogP contribution >= 0.6 is 11.6 Å². The van der Waals surface area contributed by atoms with Gasteiger partial charge in [0.1, 0.15) is 10.8 Å². The van der Waals surface area contributed by atoms with Crippen molar-refractivity contribution in [2.24, 2.45) is 0 Å². The van der Waals surface area contributed by atoms with Crippen molar-refractivity contribution in [1.82, 2.24) is 5.32 Å². The SMILES string of the molecule is C[C@@H](NCc1ccc([N+](=O)[O-])c(Cl)c1)c1cccc(O)c1. The Kier molecular flexibility index (Phi) is 4.77. The van der Waals surface area contributed by atoms with Gasteiger partial charge in [-0.2, -0.15) is 0 Å². The van der Waals surface area contributed by atoms with Gasteiger partial charge in [0.05, 0.1) is 4.92 Å². The lowest BCUT2D eigenvalue weighted by Gasteiger charge is -2.14. The number of nitrogens with one attached hydrogen (secondary N) is 1. The highest BCUT2D eigenvalue weighted by Crippen LogP contribution is 2.25. The summed E-state index contributed by atoms with van der Waals surface area (Å²) < 4.78 is 0. The predicted molar refractivity (Wildman–Crippen MR) is 81.5 cm³/mol. The highest BCUT2D eigenvalue weighted by Gasteiger charge is 2.12. The van der Waals surface area contributed by atoms with Gasteiger partial charge >= 0.3 is 0 Å². The van der Waals surface area contributed by atoms with Crippen LogP contribution in [0.5, 0.6) is 5.75 Å². The zero-order valence-electron chi connectivity index (χ0n) is 11.4. The Morgan fingerprint density at radius 1 is 1.33 bits per heavy atom. The van der Waals surface area contributed by atoms with Crippen LogP contribution in [0.25, 0.3) is 0 Å². The van der Waals surface area contributed by atoms with E-state index in [1.807, 2.05) is 13.0 Å². The van der Waals surface area contributed by atoms with Gasteiger partial charge in [0.2, 0.25) is 0 Å². The van der Waals surface area contributed by atoms with Crippen molar-refractivity contribution >= 4 is 17.3 Å². The van der Waals surface area contributed by atoms with Crippen molar-refractivity contribution in [1.29, 1.82) is 0 Å². The molecule has 0 aromatic heterocycles. The third-order valence-electron chi connectivity index (χ3n) is 3.19. The number of rotatable bonds is 5. The van der Waals surface area contributed by atoms with Crippen molar-refractivity contribution in [2.75, 3.05) is 0 Å². The molecule has 0 amide bonds. The van der Waals surface area contributed by atoms with Gasteiger partial charge < -0.3 is 10.4 Å². The molecule has 5 nitrogen and oxygen atoms in total. The van der Waals surface area contributed by atoms with E-state index in [4.69, 9.17) is 11.6 Å². The molecule has 21 heavy (non-hydrogen) atoms. The lowest BCUT2D eigenvalue weighted by molar-refractivity contribution is -0.384. The van der Waals surface area contributed by atoms with Gasteiger partial charge in [0.25, 0.3) is 5.69 Å². The summed E-state index contributed by atoms with van der Waals surface area (Å²) in [6.45, 7) is 2.50. The number of hydrogen-bond acceptors (Lipinski definition) is 4. The standard InChI is InChI=1S/C15H15ClN2O3/c1-10(12-3-2-4-13(19)8-12)17-9-11-5-6-15(18(20)21)14(16)7-11/h2-8,10,17,19H,9H2,1H3/t10-/m1/s1. The van der Waals surface area contributed by atoms with Crippen LogP contribution in [0.15, 0.2) is 42.5 Å². The number of aromatic hydroxyl groups is 1. The maximum absolute atomic E-state index is 10.7. The molecular formula is C15H15ClN2O3. The van der Waals surface area contributed by atoms with Gasteiger partial charge in [-0.05, 0) is 36.2 Å². The molecule has 0 bridgehead atoms. The molecular weight excluding hydrogens is 292 g/mol. The Hall–Kier alpha value is -2.11. The first kappa shape index (κ1) is 15.3. The topological polar surface area (TPSA) is 75.4 Å². The van der Waals surface area contributed by atoms with E-state index in [2.05, 4.69) is 5.32 Å². The molecule has 0 heterocycles. The number of phenols is 1. The van der Waals surface area contributed by atoms with Gasteiger partial charge in [-0.25, -0.2) is 0 Å². The van der Waals surface area contributed by atoms with Crippen molar-refractivity contribution in [2.45, 2.75) is 19.5 Å². The summed E-state index contributed by atoms with van der Waals surface area (Å²) in [5.74, 6) is 0.222. The zero-order chi connectivity index (χ0) is 15.4. The van der Waals surface area contributed by atoms with E-state index in [0.29, 0.717) is 6.54 Å². The molecule has 0 spiro atoms. The van der Waals surface area contributed by atoms with E-state index < -0.39 is 4.92 Å². The highest BCUT2D eigenvalue weighted by atomic mass is 35.5. The van der Waals surface area contributed by atoms with E-state index >= 15 is 0 Å². The maximum atomic E-state index is 10.7. The largest absolute Gasteiger partial charge is 0.508 e. The Morgan fingerprint density at radius 3 is 2.71 bits per heavy atom. The number of benzene rings is 2. The van der Waals surface area contributed by atoms with E-state index in [1.165, 1.54) is 6.07 Å². The van der Waals surface area contributed by atoms with Crippen LogP contribution in [-0.2, 0) is 6.54 Å². The second-order valence-corrected chi connectivity index (χ2v) is 5.15. The number of hydrogen-bond donors (Lipinski definition) is 2. The summed E-state index contributed by atoms with van der Waals surface area (Å²) >= 11 is 5.87. The summed E-state index contributed by atoms with van der Waals surface area (Å²) in [4.78, 5) is 10.2. The molecule has 2 rings (SSSR count). The first-order chi connectivity index (χ1) is 9.97. The van der Waals surface area contributed by atoms with Gasteiger partial charge in [0.15, 0.2) is 0 Å². The van der Waals surface area contributed by atoms with Crippen LogP contribution < -0.4 is 5.32 Å². The lowest BCUT2D eigenvalue weighted by atomic mass is 10.1. The monoisotopic (exact) mass is 306 g/mol. The van der Waals surface area contributed by atoms with Crippen molar-refractivity contribution < 1.29 is 10.0 Å². The smallest absolute Gasteiger partial charge is 0.287 e. The van der Waals surface area contributed by atoms with Crippen molar-refractivity contribution in [3.05, 3.63) is 68.7 Å². The highest BCUT2D eigenvalue weighted by molar-refractivity contribution is 6.32. The number of phenolic OH excluding ortho intramolecular Hbond substituents is 1. The Morgan fingerprint density at radius 2 is 2.10 bits per heavy atom. The first-order valence-electron chi connectivity index (χ1n) is 6.42. The fraction of sp³-hybridized carbons (Fsp3) is 0.200. The Balaban J connectivity index is 2.03. The van der Waals surface area contributed by atoms with Gasteiger partial charge in [-0.1, -0.05) is 29.8 Å². The van der Waals surface area contributed by atoms with E-state index in [1.54, 1.807) is 30.3 Å². The summed E-state index contributed by atoms with van der Waals surface area (Å²) in [5, 5.41) is 23.6. The molecule has 2 N–H and O–H groups in total. The number of nitrogens with zero attached hydrogens (tertiary/aromatic N) is 1. The van der Waals surface area contributed by atoms with Gasteiger partial charge in [-0.15, -0.1) is 0 Å². The van der Waals surface area contributed by atoms with Crippen molar-refractivity contribution in [3.63, 3.8) is 0 Å². The van der Waals surface area contributed by atoms with Crippen LogP contribution in [0.1, 0.15) is 24.1 Å². The number of halogens is 1. The van der Waals surface area contributed by atoms with Crippen LogP contribution in [0.4, 0.5) is 5.69 Å². The van der Waals surface area contributed by atoms with Gasteiger partial charge in [0, 0.05) is 18.7 Å². The summed E-state index contributed by atoms with van der Waals surface area (Å²) in [5.41, 5.74) is 1.72. The normalized spacial score (nSPS) is 12.1. The molecule has 0 aliphatic carbocycles. The molecule has 0 aliphatic heterocycles. The second-order valence-electron chi connectivity index (χ2n) is 4.74. The van der Waals surface area contributed by atoms with Crippen LogP contribution in [0.3, 0.4) is 0 Å². The number of nitro groups is 1. The zero-order valence-corrected chi connectivity index (χ0v) is 12.2. The molecule has 0 aliphatic rings. The van der Waals surface area contributed by atoms with E-state index in [0.717, 1.165) is 11.1 Å². The lowest BCUT2D eigenvalue weighted by Crippen LogP contribution is -2.18. The van der Waals surface area contributed by atoms with Crippen LogP contribution in [-0.4, -0.2) is 10.0 Å². The molecule has 0 saturated carbocycles. The Bertz CT molecular complexity index is 661. The average Bonchev–Trinajstić information content (AvgIpc) is 2.44. The molecule has 0 saturated heterocycles. The predicted octanol–water partition coefficient (Wildman–Crippen LogP) is 3.80. The quantitative estimate of drug-likeness (QED) is 0.650. The molecule has 0 radical (unpaired) electrons. The van der Waals surface area contributed by atoms with Crippen LogP contribution in [0, 0.1) is 10.1 Å². The first-order valence-corrected chi connectivity index (χ1v) is 6.80. The molecule has 2 aromatic rings. The minimum absolute atomic E-state index is 0.0334.